The van der Waals surface area contributed by atoms with E-state index in [1.165, 1.54) is 12.0 Å². The lowest BCUT2D eigenvalue weighted by Crippen LogP contribution is -2.26. The summed E-state index contributed by atoms with van der Waals surface area (Å²) in [5.74, 6) is 1.77. The van der Waals surface area contributed by atoms with E-state index in [0.717, 1.165) is 18.2 Å². The highest BCUT2D eigenvalue weighted by atomic mass is 16.5. The number of para-hydroxylation sites is 1. The molecule has 0 radical (unpaired) electrons. The van der Waals surface area contributed by atoms with E-state index in [1.807, 2.05) is 6.07 Å². The largest absolute Gasteiger partial charge is 0.496 e. The van der Waals surface area contributed by atoms with E-state index >= 15 is 0 Å². The standard InChI is InChI=1S/C15H23NO/c1-11(2)16-10-12-9-15(12,3)13-7-5-6-8-14(13)17-4/h5-8,11-12,16H,9-10H2,1-4H3. The Morgan fingerprint density at radius 1 is 1.41 bits per heavy atom. The van der Waals surface area contributed by atoms with Crippen molar-refractivity contribution >= 4 is 0 Å². The second kappa shape index (κ2) is 4.69. The van der Waals surface area contributed by atoms with Crippen LogP contribution in [0, 0.1) is 5.92 Å². The third-order valence-corrected chi connectivity index (χ3v) is 3.91. The molecule has 0 heterocycles. The molecule has 2 nitrogen and oxygen atoms in total. The molecule has 94 valence electrons. The van der Waals surface area contributed by atoms with Crippen LogP contribution in [0.15, 0.2) is 24.3 Å². The molecule has 2 unspecified atom stereocenters. The highest BCUT2D eigenvalue weighted by Crippen LogP contribution is 2.55. The molecule has 1 aliphatic rings. The summed E-state index contributed by atoms with van der Waals surface area (Å²) >= 11 is 0. The second-order valence-electron chi connectivity index (χ2n) is 5.58. The van der Waals surface area contributed by atoms with Crippen molar-refractivity contribution in [2.45, 2.75) is 38.6 Å². The quantitative estimate of drug-likeness (QED) is 0.844. The number of benzene rings is 1. The van der Waals surface area contributed by atoms with E-state index in [2.05, 4.69) is 44.3 Å². The highest BCUT2D eigenvalue weighted by Gasteiger charge is 2.51. The normalized spacial score (nSPS) is 27.2. The molecule has 1 fully saturated rings. The van der Waals surface area contributed by atoms with Crippen molar-refractivity contribution in [1.29, 1.82) is 0 Å². The molecule has 1 saturated carbocycles. The van der Waals surface area contributed by atoms with Gasteiger partial charge in [-0.25, -0.2) is 0 Å². The average Bonchev–Trinajstić information content (AvgIpc) is 2.99. The first kappa shape index (κ1) is 12.4. The lowest BCUT2D eigenvalue weighted by atomic mass is 9.94. The first-order valence-corrected chi connectivity index (χ1v) is 6.45. The molecule has 0 aromatic heterocycles. The van der Waals surface area contributed by atoms with Crippen LogP contribution in [0.1, 0.15) is 32.8 Å². The Balaban J connectivity index is 2.08. The van der Waals surface area contributed by atoms with Crippen molar-refractivity contribution < 1.29 is 4.74 Å². The molecule has 1 aliphatic carbocycles. The predicted molar refractivity (Wildman–Crippen MR) is 71.6 cm³/mol. The molecule has 0 spiro atoms. The van der Waals surface area contributed by atoms with Crippen molar-refractivity contribution in [3.63, 3.8) is 0 Å². The van der Waals surface area contributed by atoms with Gasteiger partial charge in [0.2, 0.25) is 0 Å². The van der Waals surface area contributed by atoms with E-state index in [1.54, 1.807) is 7.11 Å². The average molecular weight is 233 g/mol. The van der Waals surface area contributed by atoms with Gasteiger partial charge in [-0.3, -0.25) is 0 Å². The van der Waals surface area contributed by atoms with Crippen LogP contribution in [-0.4, -0.2) is 19.7 Å². The zero-order valence-corrected chi connectivity index (χ0v) is 11.3. The SMILES string of the molecule is COc1ccccc1C1(C)CC1CNC(C)C. The zero-order chi connectivity index (χ0) is 12.5. The first-order chi connectivity index (χ1) is 8.08. The minimum atomic E-state index is 0.300. The van der Waals surface area contributed by atoms with Gasteiger partial charge in [-0.1, -0.05) is 39.0 Å². The van der Waals surface area contributed by atoms with Gasteiger partial charge >= 0.3 is 0 Å². The van der Waals surface area contributed by atoms with Crippen LogP contribution < -0.4 is 10.1 Å². The van der Waals surface area contributed by atoms with Gasteiger partial charge in [-0.15, -0.1) is 0 Å². The van der Waals surface area contributed by atoms with Crippen molar-refractivity contribution in [2.24, 2.45) is 5.92 Å². The third-order valence-electron chi connectivity index (χ3n) is 3.91. The monoisotopic (exact) mass is 233 g/mol. The molecule has 0 bridgehead atoms. The Hall–Kier alpha value is -1.02. The molecule has 2 atom stereocenters. The van der Waals surface area contributed by atoms with Crippen LogP contribution in [-0.2, 0) is 5.41 Å². The Morgan fingerprint density at radius 3 is 2.76 bits per heavy atom. The molecule has 2 rings (SSSR count). The van der Waals surface area contributed by atoms with Crippen molar-refractivity contribution in [3.05, 3.63) is 29.8 Å². The molecule has 1 aromatic carbocycles. The molecule has 2 heteroatoms. The van der Waals surface area contributed by atoms with Crippen LogP contribution in [0.5, 0.6) is 5.75 Å². The lowest BCUT2D eigenvalue weighted by Gasteiger charge is -2.17. The molecule has 1 N–H and O–H groups in total. The molecule has 0 saturated heterocycles. The fraction of sp³-hybridized carbons (Fsp3) is 0.600. The van der Waals surface area contributed by atoms with Crippen LogP contribution in [0.25, 0.3) is 0 Å². The number of ether oxygens (including phenoxy) is 1. The lowest BCUT2D eigenvalue weighted by molar-refractivity contribution is 0.402. The minimum Gasteiger partial charge on any atom is -0.496 e. The van der Waals surface area contributed by atoms with Crippen molar-refractivity contribution in [3.8, 4) is 5.75 Å². The summed E-state index contributed by atoms with van der Waals surface area (Å²) < 4.78 is 5.47. The zero-order valence-electron chi connectivity index (χ0n) is 11.3. The number of methoxy groups -OCH3 is 1. The molecular weight excluding hydrogens is 210 g/mol. The topological polar surface area (TPSA) is 21.3 Å². The first-order valence-electron chi connectivity index (χ1n) is 6.45. The summed E-state index contributed by atoms with van der Waals surface area (Å²) in [4.78, 5) is 0. The fourth-order valence-corrected chi connectivity index (χ4v) is 2.57. The van der Waals surface area contributed by atoms with Crippen LogP contribution in [0.3, 0.4) is 0 Å². The van der Waals surface area contributed by atoms with E-state index < -0.39 is 0 Å². The summed E-state index contributed by atoms with van der Waals surface area (Å²) in [6.07, 6.45) is 1.26. The van der Waals surface area contributed by atoms with Crippen LogP contribution in [0.2, 0.25) is 0 Å². The smallest absolute Gasteiger partial charge is 0.122 e. The van der Waals surface area contributed by atoms with Crippen molar-refractivity contribution in [2.75, 3.05) is 13.7 Å². The summed E-state index contributed by atoms with van der Waals surface area (Å²) in [5, 5.41) is 3.53. The van der Waals surface area contributed by atoms with Gasteiger partial charge in [0.1, 0.15) is 5.75 Å². The molecule has 0 amide bonds. The highest BCUT2D eigenvalue weighted by molar-refractivity contribution is 5.43. The number of hydrogen-bond acceptors (Lipinski definition) is 2. The van der Waals surface area contributed by atoms with Gasteiger partial charge in [0.15, 0.2) is 0 Å². The number of hydrogen-bond donors (Lipinski definition) is 1. The predicted octanol–water partition coefficient (Wildman–Crippen LogP) is 2.97. The number of nitrogens with one attached hydrogen (secondary N) is 1. The van der Waals surface area contributed by atoms with E-state index in [4.69, 9.17) is 4.74 Å². The fourth-order valence-electron chi connectivity index (χ4n) is 2.57. The maximum atomic E-state index is 5.47. The van der Waals surface area contributed by atoms with E-state index in [9.17, 15) is 0 Å². The third kappa shape index (κ3) is 2.47. The second-order valence-corrected chi connectivity index (χ2v) is 5.58. The molecule has 17 heavy (non-hydrogen) atoms. The number of rotatable bonds is 5. The summed E-state index contributed by atoms with van der Waals surface area (Å²) in [5.41, 5.74) is 1.66. The van der Waals surface area contributed by atoms with Gasteiger partial charge in [-0.2, -0.15) is 0 Å². The van der Waals surface area contributed by atoms with Gasteiger partial charge in [0.05, 0.1) is 7.11 Å². The van der Waals surface area contributed by atoms with Crippen molar-refractivity contribution in [1.82, 2.24) is 5.32 Å². The Bertz CT molecular complexity index is 388. The van der Waals surface area contributed by atoms with E-state index in [0.29, 0.717) is 11.5 Å². The molecular formula is C15H23NO. The maximum Gasteiger partial charge on any atom is 0.122 e. The minimum absolute atomic E-state index is 0.300. The molecule has 1 aromatic rings. The Morgan fingerprint density at radius 2 is 2.12 bits per heavy atom. The van der Waals surface area contributed by atoms with Gasteiger partial charge in [-0.05, 0) is 24.9 Å². The summed E-state index contributed by atoms with van der Waals surface area (Å²) in [6, 6.07) is 8.97. The van der Waals surface area contributed by atoms with Crippen LogP contribution >= 0.6 is 0 Å². The van der Waals surface area contributed by atoms with Gasteiger partial charge in [0, 0.05) is 17.0 Å². The van der Waals surface area contributed by atoms with Gasteiger partial charge < -0.3 is 10.1 Å². The summed E-state index contributed by atoms with van der Waals surface area (Å²) in [6.45, 7) is 7.84. The summed E-state index contributed by atoms with van der Waals surface area (Å²) in [7, 11) is 1.76. The Kier molecular flexibility index (Phi) is 3.43. The van der Waals surface area contributed by atoms with Gasteiger partial charge in [0.25, 0.3) is 0 Å². The Labute approximate surface area is 104 Å². The van der Waals surface area contributed by atoms with E-state index in [-0.39, 0.29) is 0 Å². The maximum absolute atomic E-state index is 5.47. The molecule has 0 aliphatic heterocycles. The van der Waals surface area contributed by atoms with Crippen LogP contribution in [0.4, 0.5) is 0 Å².